The van der Waals surface area contributed by atoms with Crippen molar-refractivity contribution >= 4 is 17.8 Å². The van der Waals surface area contributed by atoms with E-state index in [4.69, 9.17) is 14.2 Å². The number of likely N-dealkylation sites (tertiary alicyclic amines) is 1. The van der Waals surface area contributed by atoms with Crippen molar-refractivity contribution in [3.63, 3.8) is 0 Å². The highest BCUT2D eigenvalue weighted by Gasteiger charge is 2.60. The molecule has 0 radical (unpaired) electrons. The molecular formula is C26H37NO7. The van der Waals surface area contributed by atoms with Crippen LogP contribution in [-0.2, 0) is 28.6 Å². The van der Waals surface area contributed by atoms with E-state index in [-0.39, 0.29) is 12.5 Å². The minimum atomic E-state index is -1.11. The number of carboxylic acids is 1. The van der Waals surface area contributed by atoms with Gasteiger partial charge in [0.1, 0.15) is 18.8 Å². The average Bonchev–Trinajstić information content (AvgIpc) is 3.13. The lowest BCUT2D eigenvalue weighted by Crippen LogP contribution is -2.51. The van der Waals surface area contributed by atoms with Gasteiger partial charge in [0.15, 0.2) is 0 Å². The van der Waals surface area contributed by atoms with Crippen molar-refractivity contribution in [1.29, 1.82) is 0 Å². The van der Waals surface area contributed by atoms with Crippen molar-refractivity contribution < 1.29 is 33.7 Å². The van der Waals surface area contributed by atoms with E-state index in [1.54, 1.807) is 11.8 Å². The number of ether oxygens (including phenoxy) is 3. The first kappa shape index (κ1) is 26.2. The first-order valence-electron chi connectivity index (χ1n) is 12.1. The number of carbonyl (C=O) groups excluding carboxylic acids is 2. The van der Waals surface area contributed by atoms with Crippen LogP contribution in [0.5, 0.6) is 0 Å². The Morgan fingerprint density at radius 2 is 1.88 bits per heavy atom. The lowest BCUT2D eigenvalue weighted by Gasteiger charge is -2.36. The molecule has 8 nitrogen and oxygen atoms in total. The van der Waals surface area contributed by atoms with E-state index in [1.807, 2.05) is 52.0 Å². The van der Waals surface area contributed by atoms with Gasteiger partial charge in [0.25, 0.3) is 5.91 Å². The maximum Gasteiger partial charge on any atom is 0.329 e. The molecule has 34 heavy (non-hydrogen) atoms. The Morgan fingerprint density at radius 3 is 2.44 bits per heavy atom. The molecule has 1 N–H and O–H groups in total. The summed E-state index contributed by atoms with van der Waals surface area (Å²) < 4.78 is 17.3. The van der Waals surface area contributed by atoms with E-state index < -0.39 is 54.2 Å². The van der Waals surface area contributed by atoms with Gasteiger partial charge < -0.3 is 24.2 Å². The van der Waals surface area contributed by atoms with E-state index in [0.717, 1.165) is 24.0 Å². The van der Waals surface area contributed by atoms with Crippen molar-refractivity contribution in [3.8, 4) is 0 Å². The Hall–Kier alpha value is -2.45. The molecule has 0 aliphatic carbocycles. The normalized spacial score (nSPS) is 27.4. The number of esters is 1. The molecule has 5 atom stereocenters. The van der Waals surface area contributed by atoms with Crippen LogP contribution in [0.2, 0.25) is 0 Å². The molecule has 0 spiro atoms. The fourth-order valence-electron chi connectivity index (χ4n) is 5.32. The van der Waals surface area contributed by atoms with Crippen molar-refractivity contribution in [2.75, 3.05) is 19.8 Å². The zero-order chi connectivity index (χ0) is 25.0. The van der Waals surface area contributed by atoms with E-state index in [9.17, 15) is 19.5 Å². The zero-order valence-corrected chi connectivity index (χ0v) is 20.8. The molecule has 2 aliphatic rings. The molecule has 188 valence electrons. The second kappa shape index (κ2) is 10.9. The van der Waals surface area contributed by atoms with Crippen molar-refractivity contribution in [2.45, 2.75) is 78.2 Å². The summed E-state index contributed by atoms with van der Waals surface area (Å²) in [5.74, 6) is -2.39. The summed E-state index contributed by atoms with van der Waals surface area (Å²) in [6.45, 7) is 9.72. The minimum absolute atomic E-state index is 0.170. The summed E-state index contributed by atoms with van der Waals surface area (Å²) >= 11 is 0. The van der Waals surface area contributed by atoms with E-state index in [1.165, 1.54) is 0 Å². The zero-order valence-electron chi connectivity index (χ0n) is 20.8. The highest BCUT2D eigenvalue weighted by molar-refractivity contribution is 5.89. The highest BCUT2D eigenvalue weighted by atomic mass is 16.5. The average molecular weight is 476 g/mol. The van der Waals surface area contributed by atoms with Crippen LogP contribution in [-0.4, -0.2) is 65.9 Å². The standard InChI is InChI=1S/C26H37NO7/c1-6-32-25(31)22-20(26(3,4)5)23(34-15-19(28)29)21(17-12-8-7-11-16(17)2)27(22)24(30)18-13-9-10-14-33-18/h7-8,11-12,18,20-23H,6,9-10,13-15H2,1-5H3,(H,28,29)/t18-,20+,21-,22-,23-/m0/s1. The Kier molecular flexibility index (Phi) is 8.36. The number of amides is 1. The Morgan fingerprint density at radius 1 is 1.18 bits per heavy atom. The van der Waals surface area contributed by atoms with Gasteiger partial charge in [-0.1, -0.05) is 45.0 Å². The van der Waals surface area contributed by atoms with E-state index in [0.29, 0.717) is 13.0 Å². The second-order valence-electron chi connectivity index (χ2n) is 10.2. The number of rotatable bonds is 7. The van der Waals surface area contributed by atoms with Gasteiger partial charge in [-0.3, -0.25) is 4.79 Å². The Labute approximate surface area is 201 Å². The van der Waals surface area contributed by atoms with Crippen LogP contribution in [0.15, 0.2) is 24.3 Å². The summed E-state index contributed by atoms with van der Waals surface area (Å²) in [5, 5.41) is 9.40. The van der Waals surface area contributed by atoms with Gasteiger partial charge in [-0.15, -0.1) is 0 Å². The predicted octanol–water partition coefficient (Wildman–Crippen LogP) is 3.51. The third-order valence-electron chi connectivity index (χ3n) is 6.75. The third kappa shape index (κ3) is 5.44. The predicted molar refractivity (Wildman–Crippen MR) is 125 cm³/mol. The van der Waals surface area contributed by atoms with Crippen LogP contribution in [0.25, 0.3) is 0 Å². The van der Waals surface area contributed by atoms with Crippen molar-refractivity contribution in [3.05, 3.63) is 35.4 Å². The number of carboxylic acid groups (broad SMARTS) is 1. The van der Waals surface area contributed by atoms with Crippen LogP contribution in [0.1, 0.15) is 64.1 Å². The molecule has 2 aliphatic heterocycles. The summed E-state index contributed by atoms with van der Waals surface area (Å²) in [6, 6.07) is 6.04. The molecule has 8 heteroatoms. The molecule has 3 rings (SSSR count). The number of hydrogen-bond acceptors (Lipinski definition) is 6. The molecule has 2 saturated heterocycles. The minimum Gasteiger partial charge on any atom is -0.480 e. The summed E-state index contributed by atoms with van der Waals surface area (Å²) in [5.41, 5.74) is 1.25. The first-order valence-corrected chi connectivity index (χ1v) is 12.1. The fraction of sp³-hybridized carbons (Fsp3) is 0.654. The largest absolute Gasteiger partial charge is 0.480 e. The Bertz CT molecular complexity index is 887. The highest BCUT2D eigenvalue weighted by Crippen LogP contribution is 2.50. The summed E-state index contributed by atoms with van der Waals surface area (Å²) in [7, 11) is 0. The molecule has 0 unspecified atom stereocenters. The topological polar surface area (TPSA) is 102 Å². The molecule has 0 aromatic heterocycles. The van der Waals surface area contributed by atoms with Crippen LogP contribution in [0.3, 0.4) is 0 Å². The van der Waals surface area contributed by atoms with Crippen LogP contribution < -0.4 is 0 Å². The van der Waals surface area contributed by atoms with Gasteiger partial charge in [-0.2, -0.15) is 0 Å². The maximum atomic E-state index is 14.0. The maximum absolute atomic E-state index is 14.0. The molecule has 1 aromatic carbocycles. The number of nitrogens with zero attached hydrogens (tertiary/aromatic N) is 1. The molecular weight excluding hydrogens is 438 g/mol. The van der Waals surface area contributed by atoms with Crippen LogP contribution in [0.4, 0.5) is 0 Å². The molecule has 0 bridgehead atoms. The lowest BCUT2D eigenvalue weighted by atomic mass is 9.73. The number of aliphatic carboxylic acids is 1. The number of carbonyl (C=O) groups is 3. The van der Waals surface area contributed by atoms with Crippen LogP contribution >= 0.6 is 0 Å². The lowest BCUT2D eigenvalue weighted by molar-refractivity contribution is -0.162. The molecule has 1 amide bonds. The van der Waals surface area contributed by atoms with Gasteiger partial charge in [0.2, 0.25) is 0 Å². The second-order valence-corrected chi connectivity index (χ2v) is 10.2. The number of aryl methyl sites for hydroxylation is 1. The summed E-state index contributed by atoms with van der Waals surface area (Å²) in [4.78, 5) is 40.5. The smallest absolute Gasteiger partial charge is 0.329 e. The Balaban J connectivity index is 2.20. The van der Waals surface area contributed by atoms with E-state index >= 15 is 0 Å². The molecule has 1 aromatic rings. The molecule has 2 heterocycles. The van der Waals surface area contributed by atoms with Gasteiger partial charge in [-0.25, -0.2) is 9.59 Å². The SMILES string of the molecule is CCOC(=O)[C@@H]1[C@@H](C(C)(C)C)[C@H](OCC(=O)O)[C@H](c2ccccc2C)N1C(=O)[C@@H]1CCCCO1. The van der Waals surface area contributed by atoms with Crippen molar-refractivity contribution in [1.82, 2.24) is 4.90 Å². The molecule has 2 fully saturated rings. The van der Waals surface area contributed by atoms with E-state index in [2.05, 4.69) is 0 Å². The quantitative estimate of drug-likeness (QED) is 0.602. The third-order valence-corrected chi connectivity index (χ3v) is 6.75. The van der Waals surface area contributed by atoms with Gasteiger partial charge >= 0.3 is 11.9 Å². The van der Waals surface area contributed by atoms with Gasteiger partial charge in [0.05, 0.1) is 18.8 Å². The number of benzene rings is 1. The fourth-order valence-corrected chi connectivity index (χ4v) is 5.32. The summed E-state index contributed by atoms with van der Waals surface area (Å²) in [6.07, 6.45) is 0.952. The monoisotopic (exact) mass is 475 g/mol. The number of hydrogen-bond donors (Lipinski definition) is 1. The molecule has 0 saturated carbocycles. The van der Waals surface area contributed by atoms with Crippen LogP contribution in [0, 0.1) is 18.3 Å². The first-order chi connectivity index (χ1) is 16.1. The van der Waals surface area contributed by atoms with Crippen molar-refractivity contribution in [2.24, 2.45) is 11.3 Å². The van der Waals surface area contributed by atoms with Gasteiger partial charge in [-0.05, 0) is 49.7 Å². The van der Waals surface area contributed by atoms with Gasteiger partial charge in [0, 0.05) is 12.5 Å².